The minimum Gasteiger partial charge on any atom is -0.497 e. The first kappa shape index (κ1) is 14.7. The molecule has 5 nitrogen and oxygen atoms in total. The molecule has 2 aromatic carbocycles. The Kier molecular flexibility index (Phi) is 4.66. The molecule has 0 aliphatic carbocycles. The number of carboxylic acids is 1. The van der Waals surface area contributed by atoms with Crippen LogP contribution >= 0.6 is 0 Å². The van der Waals surface area contributed by atoms with Gasteiger partial charge in [0.05, 0.1) is 13.7 Å². The van der Waals surface area contributed by atoms with Crippen molar-refractivity contribution in [2.24, 2.45) is 0 Å². The predicted molar refractivity (Wildman–Crippen MR) is 77.6 cm³/mol. The molecule has 0 atom stereocenters. The first-order chi connectivity index (χ1) is 10.1. The van der Waals surface area contributed by atoms with Gasteiger partial charge in [-0.25, -0.2) is 4.79 Å². The molecule has 2 aromatic rings. The van der Waals surface area contributed by atoms with Crippen LogP contribution in [-0.4, -0.2) is 24.8 Å². The Bertz CT molecular complexity index is 619. The second-order valence-corrected chi connectivity index (χ2v) is 4.17. The molecule has 0 heterocycles. The highest BCUT2D eigenvalue weighted by Gasteiger charge is 2.13. The molecule has 0 amide bonds. The largest absolute Gasteiger partial charge is 0.497 e. The lowest BCUT2D eigenvalue weighted by molar-refractivity contribution is 0.0694. The number of rotatable bonds is 6. The third kappa shape index (κ3) is 3.66. The van der Waals surface area contributed by atoms with Gasteiger partial charge in [0, 0.05) is 6.07 Å². The molecule has 0 unspecified atom stereocenters. The van der Waals surface area contributed by atoms with Gasteiger partial charge >= 0.3 is 5.97 Å². The standard InChI is InChI=1S/C16H16O5/c1-3-20-11-4-6-12(7-5-11)21-15-10-13(19-2)8-9-14(15)16(17)18/h4-10H,3H2,1-2H3,(H,17,18). The van der Waals surface area contributed by atoms with Crippen LogP contribution in [0.2, 0.25) is 0 Å². The van der Waals surface area contributed by atoms with E-state index in [0.717, 1.165) is 5.75 Å². The maximum absolute atomic E-state index is 11.2. The summed E-state index contributed by atoms with van der Waals surface area (Å²) in [7, 11) is 1.51. The summed E-state index contributed by atoms with van der Waals surface area (Å²) in [4.78, 5) is 11.2. The minimum absolute atomic E-state index is 0.0738. The van der Waals surface area contributed by atoms with Gasteiger partial charge in [0.25, 0.3) is 0 Å². The molecule has 0 aliphatic heterocycles. The van der Waals surface area contributed by atoms with Crippen molar-refractivity contribution in [3.05, 3.63) is 48.0 Å². The topological polar surface area (TPSA) is 65.0 Å². The molecule has 0 fully saturated rings. The van der Waals surface area contributed by atoms with Gasteiger partial charge in [0.2, 0.25) is 0 Å². The van der Waals surface area contributed by atoms with E-state index in [1.807, 2.05) is 6.92 Å². The lowest BCUT2D eigenvalue weighted by atomic mass is 10.2. The van der Waals surface area contributed by atoms with E-state index in [-0.39, 0.29) is 11.3 Å². The van der Waals surface area contributed by atoms with Crippen molar-refractivity contribution in [1.82, 2.24) is 0 Å². The molecule has 0 aliphatic rings. The Balaban J connectivity index is 2.26. The zero-order valence-corrected chi connectivity index (χ0v) is 11.8. The molecule has 0 aromatic heterocycles. The average Bonchev–Trinajstić information content (AvgIpc) is 2.49. The summed E-state index contributed by atoms with van der Waals surface area (Å²) in [6.45, 7) is 2.49. The number of aromatic carboxylic acids is 1. The Morgan fingerprint density at radius 1 is 1.05 bits per heavy atom. The molecule has 0 spiro atoms. The highest BCUT2D eigenvalue weighted by Crippen LogP contribution is 2.30. The van der Waals surface area contributed by atoms with Crippen LogP contribution < -0.4 is 14.2 Å². The molecule has 21 heavy (non-hydrogen) atoms. The smallest absolute Gasteiger partial charge is 0.339 e. The molecular weight excluding hydrogens is 272 g/mol. The molecular formula is C16H16O5. The minimum atomic E-state index is -1.06. The second kappa shape index (κ2) is 6.65. The Morgan fingerprint density at radius 3 is 2.24 bits per heavy atom. The van der Waals surface area contributed by atoms with Gasteiger partial charge in [-0.2, -0.15) is 0 Å². The summed E-state index contributed by atoms with van der Waals surface area (Å²) < 4.78 is 16.1. The van der Waals surface area contributed by atoms with Gasteiger partial charge in [-0.05, 0) is 43.3 Å². The van der Waals surface area contributed by atoms with Gasteiger partial charge in [-0.3, -0.25) is 0 Å². The van der Waals surface area contributed by atoms with E-state index in [1.54, 1.807) is 36.4 Å². The van der Waals surface area contributed by atoms with Gasteiger partial charge in [0.1, 0.15) is 28.6 Å². The number of carbonyl (C=O) groups is 1. The van der Waals surface area contributed by atoms with Gasteiger partial charge in [-0.15, -0.1) is 0 Å². The molecule has 5 heteroatoms. The lowest BCUT2D eigenvalue weighted by Gasteiger charge is -2.11. The molecule has 0 radical (unpaired) electrons. The summed E-state index contributed by atoms with van der Waals surface area (Å²) in [6, 6.07) is 11.5. The summed E-state index contributed by atoms with van der Waals surface area (Å²) in [6.07, 6.45) is 0. The summed E-state index contributed by atoms with van der Waals surface area (Å²) in [5.74, 6) is 0.952. The van der Waals surface area contributed by atoms with Crippen molar-refractivity contribution < 1.29 is 24.1 Å². The first-order valence-electron chi connectivity index (χ1n) is 6.46. The van der Waals surface area contributed by atoms with Crippen LogP contribution in [0.5, 0.6) is 23.0 Å². The van der Waals surface area contributed by atoms with E-state index in [2.05, 4.69) is 0 Å². The normalized spacial score (nSPS) is 10.0. The van der Waals surface area contributed by atoms with Crippen LogP contribution in [-0.2, 0) is 0 Å². The van der Waals surface area contributed by atoms with Crippen LogP contribution in [0.1, 0.15) is 17.3 Å². The van der Waals surface area contributed by atoms with Crippen LogP contribution in [0.25, 0.3) is 0 Å². The molecule has 0 saturated carbocycles. The van der Waals surface area contributed by atoms with E-state index < -0.39 is 5.97 Å². The summed E-state index contributed by atoms with van der Waals surface area (Å²) in [5, 5.41) is 9.18. The highest BCUT2D eigenvalue weighted by atomic mass is 16.5. The van der Waals surface area contributed by atoms with Crippen LogP contribution in [0.15, 0.2) is 42.5 Å². The molecule has 0 saturated heterocycles. The predicted octanol–water partition coefficient (Wildman–Crippen LogP) is 3.58. The fraction of sp³-hybridized carbons (Fsp3) is 0.188. The number of hydrogen-bond donors (Lipinski definition) is 1. The summed E-state index contributed by atoms with van der Waals surface area (Å²) in [5.41, 5.74) is 0.0738. The Morgan fingerprint density at radius 2 is 1.67 bits per heavy atom. The quantitative estimate of drug-likeness (QED) is 0.880. The SMILES string of the molecule is CCOc1ccc(Oc2cc(OC)ccc2C(=O)O)cc1. The third-order valence-corrected chi connectivity index (χ3v) is 2.78. The van der Waals surface area contributed by atoms with Crippen molar-refractivity contribution in [1.29, 1.82) is 0 Å². The van der Waals surface area contributed by atoms with Crippen molar-refractivity contribution in [2.75, 3.05) is 13.7 Å². The zero-order chi connectivity index (χ0) is 15.2. The Labute approximate surface area is 122 Å². The first-order valence-corrected chi connectivity index (χ1v) is 6.46. The van der Waals surface area contributed by atoms with Crippen LogP contribution in [0, 0.1) is 0 Å². The molecule has 2 rings (SSSR count). The molecule has 1 N–H and O–H groups in total. The van der Waals surface area contributed by atoms with E-state index in [0.29, 0.717) is 18.1 Å². The fourth-order valence-corrected chi connectivity index (χ4v) is 1.79. The second-order valence-electron chi connectivity index (χ2n) is 4.17. The van der Waals surface area contributed by atoms with E-state index in [9.17, 15) is 9.90 Å². The van der Waals surface area contributed by atoms with Crippen molar-refractivity contribution in [3.63, 3.8) is 0 Å². The zero-order valence-electron chi connectivity index (χ0n) is 11.8. The monoisotopic (exact) mass is 288 g/mol. The average molecular weight is 288 g/mol. The third-order valence-electron chi connectivity index (χ3n) is 2.78. The number of methoxy groups -OCH3 is 1. The van der Waals surface area contributed by atoms with Gasteiger partial charge < -0.3 is 19.3 Å². The van der Waals surface area contributed by atoms with E-state index in [1.165, 1.54) is 13.2 Å². The van der Waals surface area contributed by atoms with Gasteiger partial charge in [-0.1, -0.05) is 0 Å². The number of hydrogen-bond acceptors (Lipinski definition) is 4. The number of carboxylic acid groups (broad SMARTS) is 1. The molecule has 110 valence electrons. The molecule has 0 bridgehead atoms. The number of benzene rings is 2. The summed E-state index contributed by atoms with van der Waals surface area (Å²) >= 11 is 0. The fourth-order valence-electron chi connectivity index (χ4n) is 1.79. The van der Waals surface area contributed by atoms with Crippen LogP contribution in [0.4, 0.5) is 0 Å². The van der Waals surface area contributed by atoms with Crippen LogP contribution in [0.3, 0.4) is 0 Å². The highest BCUT2D eigenvalue weighted by molar-refractivity contribution is 5.91. The number of ether oxygens (including phenoxy) is 3. The van der Waals surface area contributed by atoms with Crippen molar-refractivity contribution in [3.8, 4) is 23.0 Å². The maximum atomic E-state index is 11.2. The lowest BCUT2D eigenvalue weighted by Crippen LogP contribution is -2.00. The van der Waals surface area contributed by atoms with E-state index in [4.69, 9.17) is 14.2 Å². The van der Waals surface area contributed by atoms with Gasteiger partial charge in [0.15, 0.2) is 0 Å². The Hall–Kier alpha value is -2.69. The van der Waals surface area contributed by atoms with E-state index >= 15 is 0 Å². The van der Waals surface area contributed by atoms with Crippen molar-refractivity contribution >= 4 is 5.97 Å². The van der Waals surface area contributed by atoms with Crippen molar-refractivity contribution in [2.45, 2.75) is 6.92 Å². The maximum Gasteiger partial charge on any atom is 0.339 e.